The molecule has 1 atom stereocenters. The van der Waals surface area contributed by atoms with E-state index >= 15 is 0 Å². The first-order valence-corrected chi connectivity index (χ1v) is 6.49. The van der Waals surface area contributed by atoms with Crippen molar-refractivity contribution in [2.24, 2.45) is 5.92 Å². The Bertz CT molecular complexity index is 313. The third kappa shape index (κ3) is 4.24. The van der Waals surface area contributed by atoms with E-state index in [9.17, 15) is 0 Å². The summed E-state index contributed by atoms with van der Waals surface area (Å²) in [5.74, 6) is 0.382. The second kappa shape index (κ2) is 7.05. The van der Waals surface area contributed by atoms with Crippen LogP contribution in [0.15, 0.2) is 28.7 Å². The maximum absolute atomic E-state index is 9.16. The van der Waals surface area contributed by atoms with Crippen molar-refractivity contribution in [2.45, 2.75) is 19.9 Å². The van der Waals surface area contributed by atoms with E-state index in [1.165, 1.54) is 5.56 Å². The van der Waals surface area contributed by atoms with E-state index in [4.69, 9.17) is 5.11 Å². The summed E-state index contributed by atoms with van der Waals surface area (Å²) < 4.78 is 1.15. The summed E-state index contributed by atoms with van der Waals surface area (Å²) in [4.78, 5) is 2.25. The second-order valence-corrected chi connectivity index (χ2v) is 5.10. The molecule has 1 aromatic carbocycles. The molecule has 0 amide bonds. The number of aliphatic hydroxyl groups is 1. The predicted octanol–water partition coefficient (Wildman–Crippen LogP) is 2.90. The molecule has 90 valence electrons. The number of benzene rings is 1. The minimum atomic E-state index is 0.275. The Morgan fingerprint density at radius 2 is 2.06 bits per heavy atom. The zero-order valence-corrected chi connectivity index (χ0v) is 11.6. The lowest BCUT2D eigenvalue weighted by molar-refractivity contribution is 0.173. The number of hydrogen-bond acceptors (Lipinski definition) is 2. The van der Waals surface area contributed by atoms with Crippen LogP contribution >= 0.6 is 15.9 Å². The summed E-state index contributed by atoms with van der Waals surface area (Å²) in [6.45, 7) is 4.25. The van der Waals surface area contributed by atoms with Crippen molar-refractivity contribution in [3.8, 4) is 0 Å². The lowest BCUT2D eigenvalue weighted by Gasteiger charge is -2.22. The second-order valence-electron chi connectivity index (χ2n) is 4.25. The Labute approximate surface area is 106 Å². The van der Waals surface area contributed by atoms with Gasteiger partial charge in [-0.2, -0.15) is 0 Å². The maximum Gasteiger partial charge on any atom is 0.0471 e. The van der Waals surface area contributed by atoms with Gasteiger partial charge in [-0.3, -0.25) is 0 Å². The highest BCUT2D eigenvalue weighted by molar-refractivity contribution is 9.10. The monoisotopic (exact) mass is 285 g/mol. The molecule has 1 aromatic rings. The van der Waals surface area contributed by atoms with E-state index in [0.29, 0.717) is 5.92 Å². The summed E-state index contributed by atoms with van der Waals surface area (Å²) in [5.41, 5.74) is 1.29. The Kier molecular flexibility index (Phi) is 6.03. The highest BCUT2D eigenvalue weighted by Crippen LogP contribution is 2.17. The van der Waals surface area contributed by atoms with Gasteiger partial charge < -0.3 is 10.0 Å². The van der Waals surface area contributed by atoms with Crippen molar-refractivity contribution in [1.82, 2.24) is 4.90 Å². The SMILES string of the molecule is CCC(CO)CN(C)Cc1ccccc1Br. The van der Waals surface area contributed by atoms with Gasteiger partial charge in [0.1, 0.15) is 0 Å². The van der Waals surface area contributed by atoms with Crippen molar-refractivity contribution in [2.75, 3.05) is 20.2 Å². The summed E-state index contributed by atoms with van der Waals surface area (Å²) in [6, 6.07) is 8.26. The van der Waals surface area contributed by atoms with Crippen molar-refractivity contribution < 1.29 is 5.11 Å². The number of rotatable bonds is 6. The van der Waals surface area contributed by atoms with E-state index in [1.54, 1.807) is 0 Å². The summed E-state index contributed by atoms with van der Waals surface area (Å²) in [6.07, 6.45) is 1.02. The van der Waals surface area contributed by atoms with Crippen molar-refractivity contribution in [3.63, 3.8) is 0 Å². The fourth-order valence-corrected chi connectivity index (χ4v) is 2.15. The molecule has 1 rings (SSSR count). The van der Waals surface area contributed by atoms with Crippen molar-refractivity contribution >= 4 is 15.9 Å². The van der Waals surface area contributed by atoms with Gasteiger partial charge in [0, 0.05) is 24.2 Å². The predicted molar refractivity (Wildman–Crippen MR) is 71.3 cm³/mol. The van der Waals surface area contributed by atoms with Gasteiger partial charge in [-0.15, -0.1) is 0 Å². The molecule has 1 N–H and O–H groups in total. The fourth-order valence-electron chi connectivity index (χ4n) is 1.74. The maximum atomic E-state index is 9.16. The van der Waals surface area contributed by atoms with Crippen LogP contribution in [0.2, 0.25) is 0 Å². The molecule has 0 bridgehead atoms. The van der Waals surface area contributed by atoms with E-state index in [-0.39, 0.29) is 6.61 Å². The number of aliphatic hydroxyl groups excluding tert-OH is 1. The van der Waals surface area contributed by atoms with Crippen molar-refractivity contribution in [3.05, 3.63) is 34.3 Å². The molecule has 0 fully saturated rings. The molecule has 0 aromatic heterocycles. The molecule has 0 aliphatic carbocycles. The molecule has 0 heterocycles. The third-order valence-electron chi connectivity index (χ3n) is 2.80. The molecule has 2 nitrogen and oxygen atoms in total. The van der Waals surface area contributed by atoms with Gasteiger partial charge in [0.25, 0.3) is 0 Å². The van der Waals surface area contributed by atoms with Crippen LogP contribution in [-0.4, -0.2) is 30.2 Å². The lowest BCUT2D eigenvalue weighted by atomic mass is 10.1. The Morgan fingerprint density at radius 3 is 2.62 bits per heavy atom. The molecule has 16 heavy (non-hydrogen) atoms. The molecule has 0 aliphatic heterocycles. The van der Waals surface area contributed by atoms with E-state index in [1.807, 2.05) is 6.07 Å². The summed E-state index contributed by atoms with van der Waals surface area (Å²) >= 11 is 3.55. The molecule has 0 radical (unpaired) electrons. The molecule has 1 unspecified atom stereocenters. The van der Waals surface area contributed by atoms with Crippen molar-refractivity contribution in [1.29, 1.82) is 0 Å². The van der Waals surface area contributed by atoms with Gasteiger partial charge in [-0.1, -0.05) is 41.1 Å². The smallest absolute Gasteiger partial charge is 0.0471 e. The van der Waals surface area contributed by atoms with Crippen LogP contribution in [0.25, 0.3) is 0 Å². The summed E-state index contributed by atoms with van der Waals surface area (Å²) in [5, 5.41) is 9.16. The average molecular weight is 286 g/mol. The molecule has 3 heteroatoms. The number of halogens is 1. The largest absolute Gasteiger partial charge is 0.396 e. The quantitative estimate of drug-likeness (QED) is 0.869. The van der Waals surface area contributed by atoms with E-state index < -0.39 is 0 Å². The van der Waals surface area contributed by atoms with Gasteiger partial charge in [0.05, 0.1) is 0 Å². The van der Waals surface area contributed by atoms with Crippen LogP contribution in [0.3, 0.4) is 0 Å². The zero-order valence-electron chi connectivity index (χ0n) is 9.99. The van der Waals surface area contributed by atoms with Crippen LogP contribution in [-0.2, 0) is 6.54 Å². The molecule has 0 saturated carbocycles. The molecule has 0 aliphatic rings. The third-order valence-corrected chi connectivity index (χ3v) is 3.58. The first kappa shape index (κ1) is 13.7. The first-order valence-electron chi connectivity index (χ1n) is 5.70. The normalized spacial score (nSPS) is 13.1. The van der Waals surface area contributed by atoms with Crippen LogP contribution < -0.4 is 0 Å². The highest BCUT2D eigenvalue weighted by atomic mass is 79.9. The van der Waals surface area contributed by atoms with Gasteiger partial charge in [0.2, 0.25) is 0 Å². The highest BCUT2D eigenvalue weighted by Gasteiger charge is 2.09. The Hall–Kier alpha value is -0.380. The van der Waals surface area contributed by atoms with Gasteiger partial charge in [-0.05, 0) is 31.0 Å². The first-order chi connectivity index (χ1) is 7.67. The molecular weight excluding hydrogens is 266 g/mol. The lowest BCUT2D eigenvalue weighted by Crippen LogP contribution is -2.27. The Balaban J connectivity index is 2.51. The fraction of sp³-hybridized carbons (Fsp3) is 0.538. The zero-order chi connectivity index (χ0) is 12.0. The van der Waals surface area contributed by atoms with Crippen LogP contribution in [0, 0.1) is 5.92 Å². The topological polar surface area (TPSA) is 23.5 Å². The minimum Gasteiger partial charge on any atom is -0.396 e. The van der Waals surface area contributed by atoms with Crippen LogP contribution in [0.4, 0.5) is 0 Å². The van der Waals surface area contributed by atoms with E-state index in [2.05, 4.69) is 53.0 Å². The van der Waals surface area contributed by atoms with Gasteiger partial charge in [0.15, 0.2) is 0 Å². The van der Waals surface area contributed by atoms with Crippen LogP contribution in [0.5, 0.6) is 0 Å². The van der Waals surface area contributed by atoms with E-state index in [0.717, 1.165) is 24.0 Å². The number of nitrogens with zero attached hydrogens (tertiary/aromatic N) is 1. The molecule has 0 spiro atoms. The molecule has 0 saturated heterocycles. The Morgan fingerprint density at radius 1 is 1.38 bits per heavy atom. The average Bonchev–Trinajstić information content (AvgIpc) is 2.29. The molecular formula is C13H20BrNO. The van der Waals surface area contributed by atoms with Gasteiger partial charge >= 0.3 is 0 Å². The van der Waals surface area contributed by atoms with Crippen LogP contribution in [0.1, 0.15) is 18.9 Å². The van der Waals surface area contributed by atoms with Gasteiger partial charge in [-0.25, -0.2) is 0 Å². The summed E-state index contributed by atoms with van der Waals surface area (Å²) in [7, 11) is 2.10. The number of hydrogen-bond donors (Lipinski definition) is 1. The minimum absolute atomic E-state index is 0.275. The standard InChI is InChI=1S/C13H20BrNO/c1-3-11(10-16)8-15(2)9-12-6-4-5-7-13(12)14/h4-7,11,16H,3,8-10H2,1-2H3.